The van der Waals surface area contributed by atoms with E-state index in [-0.39, 0.29) is 5.82 Å². The number of hydrogen-bond donors (Lipinski definition) is 0. The summed E-state index contributed by atoms with van der Waals surface area (Å²) >= 11 is 4.14. The Morgan fingerprint density at radius 1 is 1.00 bits per heavy atom. The van der Waals surface area contributed by atoms with E-state index in [9.17, 15) is 4.39 Å². The van der Waals surface area contributed by atoms with Crippen molar-refractivity contribution < 1.29 is 4.39 Å². The lowest BCUT2D eigenvalue weighted by atomic mass is 9.95. The molecule has 3 aromatic rings. The quantitative estimate of drug-likeness (QED) is 0.416. The average Bonchev–Trinajstić information content (AvgIpc) is 2.99. The Bertz CT molecular complexity index is 789. The van der Waals surface area contributed by atoms with Crippen molar-refractivity contribution in [1.82, 2.24) is 0 Å². The van der Waals surface area contributed by atoms with Crippen LogP contribution < -0.4 is 0 Å². The topological polar surface area (TPSA) is 0 Å². The van der Waals surface area contributed by atoms with E-state index < -0.39 is 0 Å². The fourth-order valence-corrected chi connectivity index (χ4v) is 4.19. The molecule has 3 heteroatoms. The monoisotopic (exact) mass is 422 g/mol. The lowest BCUT2D eigenvalue weighted by Crippen LogP contribution is -1.97. The van der Waals surface area contributed by atoms with E-state index in [0.29, 0.717) is 5.92 Å². The van der Waals surface area contributed by atoms with Crippen molar-refractivity contribution in [3.8, 4) is 10.4 Å². The van der Waals surface area contributed by atoms with Crippen LogP contribution >= 0.6 is 33.9 Å². The summed E-state index contributed by atoms with van der Waals surface area (Å²) in [5, 5.41) is 0. The molecule has 22 heavy (non-hydrogen) atoms. The van der Waals surface area contributed by atoms with E-state index in [4.69, 9.17) is 0 Å². The zero-order valence-corrected chi connectivity index (χ0v) is 15.4. The second kappa shape index (κ2) is 6.50. The summed E-state index contributed by atoms with van der Waals surface area (Å²) in [5.41, 5.74) is 3.77. The molecule has 1 aromatic heterocycles. The summed E-state index contributed by atoms with van der Waals surface area (Å²) in [4.78, 5) is 2.52. The molecular weight excluding hydrogens is 406 g/mol. The lowest BCUT2D eigenvalue weighted by molar-refractivity contribution is 0.628. The molecule has 0 N–H and O–H groups in total. The first-order valence-electron chi connectivity index (χ1n) is 7.16. The van der Waals surface area contributed by atoms with Crippen LogP contribution in [0.15, 0.2) is 54.6 Å². The highest BCUT2D eigenvalue weighted by molar-refractivity contribution is 14.1. The Balaban J connectivity index is 1.93. The molecule has 112 valence electrons. The number of hydrogen-bond acceptors (Lipinski definition) is 1. The van der Waals surface area contributed by atoms with E-state index in [0.717, 1.165) is 5.56 Å². The Labute approximate surface area is 148 Å². The van der Waals surface area contributed by atoms with Gasteiger partial charge in [-0.2, -0.15) is 0 Å². The number of halogens is 2. The molecule has 0 aliphatic heterocycles. The van der Waals surface area contributed by atoms with Crippen molar-refractivity contribution in [2.75, 3.05) is 0 Å². The lowest BCUT2D eigenvalue weighted by Gasteiger charge is -2.13. The third-order valence-corrected chi connectivity index (χ3v) is 5.88. The van der Waals surface area contributed by atoms with Crippen molar-refractivity contribution in [2.24, 2.45) is 0 Å². The molecular formula is C19H16FIS. The highest BCUT2D eigenvalue weighted by atomic mass is 127. The van der Waals surface area contributed by atoms with Crippen LogP contribution in [0.2, 0.25) is 0 Å². The summed E-state index contributed by atoms with van der Waals surface area (Å²) in [6, 6.07) is 17.6. The highest BCUT2D eigenvalue weighted by Gasteiger charge is 2.14. The van der Waals surface area contributed by atoms with Crippen LogP contribution in [0.3, 0.4) is 0 Å². The SMILES string of the molecule is Cc1ccc(I)cc1C(C)c1ccc(-c2ccc(F)cc2)s1. The molecule has 0 amide bonds. The maximum absolute atomic E-state index is 13.0. The van der Waals surface area contributed by atoms with Crippen molar-refractivity contribution >= 4 is 33.9 Å². The maximum atomic E-state index is 13.0. The van der Waals surface area contributed by atoms with E-state index in [1.807, 2.05) is 12.1 Å². The van der Waals surface area contributed by atoms with Gasteiger partial charge in [-0.15, -0.1) is 11.3 Å². The Kier molecular flexibility index (Phi) is 4.64. The van der Waals surface area contributed by atoms with Gasteiger partial charge in [0.05, 0.1) is 0 Å². The largest absolute Gasteiger partial charge is 0.207 e. The standard InChI is InChI=1S/C19H16FIS/c1-12-3-8-16(21)11-17(12)13(2)18-9-10-19(22-18)14-4-6-15(20)7-5-14/h3-11,13H,1-2H3. The third-order valence-electron chi connectivity index (χ3n) is 3.89. The highest BCUT2D eigenvalue weighted by Crippen LogP contribution is 2.36. The van der Waals surface area contributed by atoms with E-state index >= 15 is 0 Å². The Hall–Kier alpha value is -1.20. The van der Waals surface area contributed by atoms with Gasteiger partial charge in [-0.1, -0.05) is 25.1 Å². The molecule has 3 rings (SSSR count). The molecule has 1 atom stereocenters. The fraction of sp³-hybridized carbons (Fsp3) is 0.158. The number of benzene rings is 2. The van der Waals surface area contributed by atoms with Gasteiger partial charge >= 0.3 is 0 Å². The van der Waals surface area contributed by atoms with Crippen LogP contribution in [0.5, 0.6) is 0 Å². The van der Waals surface area contributed by atoms with Crippen molar-refractivity contribution in [2.45, 2.75) is 19.8 Å². The van der Waals surface area contributed by atoms with Crippen LogP contribution in [0.1, 0.15) is 28.8 Å². The molecule has 0 aliphatic carbocycles. The summed E-state index contributed by atoms with van der Waals surface area (Å²) in [5.74, 6) is 0.178. The number of rotatable bonds is 3. The molecule has 1 unspecified atom stereocenters. The van der Waals surface area contributed by atoms with E-state index in [1.54, 1.807) is 11.3 Å². The van der Waals surface area contributed by atoms with Gasteiger partial charge in [-0.3, -0.25) is 0 Å². The molecule has 0 nitrogen and oxygen atoms in total. The molecule has 2 aromatic carbocycles. The number of thiophene rings is 1. The second-order valence-corrected chi connectivity index (χ2v) is 7.79. The molecule has 0 aliphatic rings. The third kappa shape index (κ3) is 3.25. The van der Waals surface area contributed by atoms with Crippen molar-refractivity contribution in [1.29, 1.82) is 0 Å². The summed E-state index contributed by atoms with van der Waals surface area (Å²) in [6.07, 6.45) is 0. The fourth-order valence-electron chi connectivity index (χ4n) is 2.59. The smallest absolute Gasteiger partial charge is 0.123 e. The van der Waals surface area contributed by atoms with Crippen LogP contribution in [0.4, 0.5) is 4.39 Å². The molecule has 1 heterocycles. The van der Waals surface area contributed by atoms with Crippen LogP contribution in [-0.2, 0) is 0 Å². The maximum Gasteiger partial charge on any atom is 0.123 e. The predicted molar refractivity (Wildman–Crippen MR) is 101 cm³/mol. The van der Waals surface area contributed by atoms with Gasteiger partial charge in [0, 0.05) is 19.2 Å². The Morgan fingerprint density at radius 3 is 2.45 bits per heavy atom. The number of aryl methyl sites for hydroxylation is 1. The van der Waals surface area contributed by atoms with Crippen LogP contribution in [0, 0.1) is 16.3 Å². The first-order valence-corrected chi connectivity index (χ1v) is 9.06. The van der Waals surface area contributed by atoms with Crippen molar-refractivity contribution in [3.05, 3.63) is 80.0 Å². The summed E-state index contributed by atoms with van der Waals surface area (Å²) in [6.45, 7) is 4.41. The molecule has 0 spiro atoms. The van der Waals surface area contributed by atoms with E-state index in [2.05, 4.69) is 66.8 Å². The second-order valence-electron chi connectivity index (χ2n) is 5.43. The van der Waals surface area contributed by atoms with Gasteiger partial charge in [0.25, 0.3) is 0 Å². The Morgan fingerprint density at radius 2 is 1.73 bits per heavy atom. The van der Waals surface area contributed by atoms with Crippen molar-refractivity contribution in [3.63, 3.8) is 0 Å². The zero-order chi connectivity index (χ0) is 15.7. The first-order chi connectivity index (χ1) is 10.5. The van der Waals surface area contributed by atoms with Gasteiger partial charge in [0.2, 0.25) is 0 Å². The van der Waals surface area contributed by atoms with Gasteiger partial charge in [-0.25, -0.2) is 4.39 Å². The van der Waals surface area contributed by atoms with Crippen LogP contribution in [0.25, 0.3) is 10.4 Å². The summed E-state index contributed by atoms with van der Waals surface area (Å²) < 4.78 is 14.3. The van der Waals surface area contributed by atoms with Gasteiger partial charge in [0.1, 0.15) is 5.82 Å². The summed E-state index contributed by atoms with van der Waals surface area (Å²) in [7, 11) is 0. The normalized spacial score (nSPS) is 12.4. The molecule has 0 saturated carbocycles. The average molecular weight is 422 g/mol. The van der Waals surface area contributed by atoms with Gasteiger partial charge in [-0.05, 0) is 82.6 Å². The first kappa shape index (κ1) is 15.7. The minimum absolute atomic E-state index is 0.191. The predicted octanol–water partition coefficient (Wildman–Crippen LogP) is 6.62. The molecule has 0 saturated heterocycles. The molecule has 0 bridgehead atoms. The zero-order valence-electron chi connectivity index (χ0n) is 12.4. The molecule has 0 radical (unpaired) electrons. The molecule has 0 fully saturated rings. The minimum Gasteiger partial charge on any atom is -0.207 e. The van der Waals surface area contributed by atoms with Gasteiger partial charge < -0.3 is 0 Å². The van der Waals surface area contributed by atoms with Crippen LogP contribution in [-0.4, -0.2) is 0 Å². The minimum atomic E-state index is -0.191. The van der Waals surface area contributed by atoms with E-state index in [1.165, 1.54) is 36.6 Å². The van der Waals surface area contributed by atoms with Gasteiger partial charge in [0.15, 0.2) is 0 Å².